The first kappa shape index (κ1) is 31.7. The largest absolute Gasteiger partial charge is 0.444 e. The molecule has 0 heterocycles. The van der Waals surface area contributed by atoms with Gasteiger partial charge in [-0.15, -0.1) is 0 Å². The molecule has 0 aromatic heterocycles. The molecule has 0 saturated carbocycles. The Balaban J connectivity index is 0.000000474. The number of carbonyl (C=O) groups excluding carboxylic acids is 1. The number of aliphatic hydroxyl groups excluding tert-OH is 1. The van der Waals surface area contributed by atoms with Gasteiger partial charge in [0.05, 0.1) is 0 Å². The lowest BCUT2D eigenvalue weighted by atomic mass is 9.78. The number of nitrogens with one attached hydrogen (secondary N) is 2. The molecule has 7 heteroatoms. The first-order valence-corrected chi connectivity index (χ1v) is 13.5. The lowest BCUT2D eigenvalue weighted by Crippen LogP contribution is -2.37. The summed E-state index contributed by atoms with van der Waals surface area (Å²) in [5.74, 6) is -0.814. The van der Waals surface area contributed by atoms with Gasteiger partial charge in [0, 0.05) is 31.2 Å². The van der Waals surface area contributed by atoms with Crippen LogP contribution in [-0.2, 0) is 17.6 Å². The van der Waals surface area contributed by atoms with Crippen molar-refractivity contribution in [2.45, 2.75) is 85.8 Å². The van der Waals surface area contributed by atoms with E-state index in [9.17, 15) is 18.7 Å². The molecule has 3 rings (SSSR count). The molecule has 2 aromatic carbocycles. The van der Waals surface area contributed by atoms with Crippen molar-refractivity contribution < 1.29 is 23.4 Å². The molecule has 1 aliphatic rings. The normalized spacial score (nSPS) is 17.2. The SMILES string of the molecule is CC(C)(C)Cc1ccc2c(c1)C(NCCCNC(=O)OC(C)(C)C)C(CO)CC2.Cc1cc(F)cc(F)c1. The molecule has 0 fully saturated rings. The zero-order chi connectivity index (χ0) is 28.5. The van der Waals surface area contributed by atoms with Gasteiger partial charge in [-0.2, -0.15) is 0 Å². The highest BCUT2D eigenvalue weighted by Gasteiger charge is 2.29. The zero-order valence-corrected chi connectivity index (χ0v) is 24.1. The zero-order valence-electron chi connectivity index (χ0n) is 24.1. The summed E-state index contributed by atoms with van der Waals surface area (Å²) in [4.78, 5) is 11.8. The van der Waals surface area contributed by atoms with E-state index in [4.69, 9.17) is 4.74 Å². The second-order valence-electron chi connectivity index (χ2n) is 12.4. The van der Waals surface area contributed by atoms with Gasteiger partial charge < -0.3 is 20.5 Å². The van der Waals surface area contributed by atoms with Crippen LogP contribution >= 0.6 is 0 Å². The predicted molar refractivity (Wildman–Crippen MR) is 149 cm³/mol. The van der Waals surface area contributed by atoms with Crippen LogP contribution in [0.5, 0.6) is 0 Å². The predicted octanol–water partition coefficient (Wildman–Crippen LogP) is 6.65. The first-order chi connectivity index (χ1) is 17.7. The minimum atomic E-state index is -0.521. The molecule has 2 atom stereocenters. The van der Waals surface area contributed by atoms with Crippen LogP contribution in [0, 0.1) is 29.9 Å². The maximum absolute atomic E-state index is 12.2. The molecular formula is C31H46F2N2O3. The van der Waals surface area contributed by atoms with Crippen molar-refractivity contribution in [1.82, 2.24) is 10.6 Å². The number of alkyl carbamates (subject to hydrolysis) is 1. The van der Waals surface area contributed by atoms with Crippen molar-refractivity contribution in [3.63, 3.8) is 0 Å². The van der Waals surface area contributed by atoms with Crippen LogP contribution < -0.4 is 10.6 Å². The summed E-state index contributed by atoms with van der Waals surface area (Å²) in [5, 5.41) is 16.4. The number of rotatable bonds is 7. The highest BCUT2D eigenvalue weighted by molar-refractivity contribution is 5.67. The maximum Gasteiger partial charge on any atom is 0.407 e. The second-order valence-corrected chi connectivity index (χ2v) is 12.4. The van der Waals surface area contributed by atoms with Crippen LogP contribution in [0.4, 0.5) is 13.6 Å². The summed E-state index contributed by atoms with van der Waals surface area (Å²) in [6.45, 7) is 15.5. The van der Waals surface area contributed by atoms with E-state index >= 15 is 0 Å². The van der Waals surface area contributed by atoms with Gasteiger partial charge in [0.25, 0.3) is 0 Å². The molecule has 1 aliphatic carbocycles. The Morgan fingerprint density at radius 1 is 1.03 bits per heavy atom. The van der Waals surface area contributed by atoms with E-state index in [1.54, 1.807) is 6.92 Å². The molecule has 0 saturated heterocycles. The topological polar surface area (TPSA) is 70.6 Å². The van der Waals surface area contributed by atoms with Crippen LogP contribution in [0.1, 0.15) is 82.7 Å². The van der Waals surface area contributed by atoms with E-state index in [-0.39, 0.29) is 30.1 Å². The molecule has 212 valence electrons. The van der Waals surface area contributed by atoms with E-state index in [2.05, 4.69) is 49.6 Å². The fraction of sp³-hybridized carbons (Fsp3) is 0.581. The average Bonchev–Trinajstić information content (AvgIpc) is 2.76. The van der Waals surface area contributed by atoms with Crippen LogP contribution in [-0.4, -0.2) is 36.5 Å². The minimum Gasteiger partial charge on any atom is -0.444 e. The van der Waals surface area contributed by atoms with Crippen molar-refractivity contribution in [3.05, 3.63) is 70.3 Å². The van der Waals surface area contributed by atoms with E-state index in [0.29, 0.717) is 12.1 Å². The number of halogens is 2. The van der Waals surface area contributed by atoms with Gasteiger partial charge >= 0.3 is 6.09 Å². The number of amides is 1. The number of hydrogen-bond donors (Lipinski definition) is 3. The maximum atomic E-state index is 12.2. The molecule has 1 amide bonds. The standard InChI is InChI=1S/C24H40N2O3.C7H6F2/c1-23(2,3)15-17-8-9-18-10-11-19(16-27)21(20(18)14-17)25-12-7-13-26-22(28)29-24(4,5)6;1-5-2-6(8)4-7(9)3-5/h8-9,14,19,21,25,27H,7,10-13,15-16H2,1-6H3,(H,26,28);2-4H,1H3. The number of ether oxygens (including phenoxy) is 1. The Hall–Kier alpha value is -2.51. The highest BCUT2D eigenvalue weighted by atomic mass is 19.1. The van der Waals surface area contributed by atoms with Gasteiger partial charge in [-0.25, -0.2) is 13.6 Å². The van der Waals surface area contributed by atoms with Gasteiger partial charge in [0.15, 0.2) is 0 Å². The lowest BCUT2D eigenvalue weighted by molar-refractivity contribution is 0.0527. The summed E-state index contributed by atoms with van der Waals surface area (Å²) >= 11 is 0. The third kappa shape index (κ3) is 11.5. The van der Waals surface area contributed by atoms with Crippen LogP contribution in [0.3, 0.4) is 0 Å². The summed E-state index contributed by atoms with van der Waals surface area (Å²) < 4.78 is 29.6. The molecule has 3 N–H and O–H groups in total. The third-order valence-electron chi connectivity index (χ3n) is 6.16. The van der Waals surface area contributed by atoms with Crippen LogP contribution in [0.2, 0.25) is 0 Å². The van der Waals surface area contributed by atoms with E-state index < -0.39 is 17.2 Å². The van der Waals surface area contributed by atoms with E-state index in [1.165, 1.54) is 28.8 Å². The smallest absolute Gasteiger partial charge is 0.407 e. The molecule has 0 spiro atoms. The summed E-state index contributed by atoms with van der Waals surface area (Å²) in [7, 11) is 0. The number of carbonyl (C=O) groups is 1. The van der Waals surface area contributed by atoms with Gasteiger partial charge in [-0.1, -0.05) is 39.0 Å². The fourth-order valence-electron chi connectivity index (χ4n) is 4.66. The molecular weight excluding hydrogens is 486 g/mol. The quantitative estimate of drug-likeness (QED) is 0.349. The van der Waals surface area contributed by atoms with E-state index in [1.807, 2.05) is 20.8 Å². The monoisotopic (exact) mass is 532 g/mol. The van der Waals surface area contributed by atoms with Crippen molar-refractivity contribution >= 4 is 6.09 Å². The molecule has 2 aromatic rings. The van der Waals surface area contributed by atoms with Crippen molar-refractivity contribution in [2.24, 2.45) is 11.3 Å². The number of hydrogen-bond acceptors (Lipinski definition) is 4. The minimum absolute atomic E-state index is 0.158. The lowest BCUT2D eigenvalue weighted by Gasteiger charge is -2.34. The molecule has 0 radical (unpaired) electrons. The number of aryl methyl sites for hydroxylation is 2. The Morgan fingerprint density at radius 3 is 2.24 bits per heavy atom. The molecule has 0 aliphatic heterocycles. The molecule has 5 nitrogen and oxygen atoms in total. The fourth-order valence-corrected chi connectivity index (χ4v) is 4.66. The first-order valence-electron chi connectivity index (χ1n) is 13.5. The van der Waals surface area contributed by atoms with Gasteiger partial charge in [-0.05, 0) is 99.7 Å². The van der Waals surface area contributed by atoms with Crippen molar-refractivity contribution in [1.29, 1.82) is 0 Å². The van der Waals surface area contributed by atoms with Crippen molar-refractivity contribution in [3.8, 4) is 0 Å². The number of aliphatic hydroxyl groups is 1. The van der Waals surface area contributed by atoms with Crippen LogP contribution in [0.25, 0.3) is 0 Å². The summed E-state index contributed by atoms with van der Waals surface area (Å²) in [6.07, 6.45) is 3.49. The Labute approximate surface area is 227 Å². The van der Waals surface area contributed by atoms with Gasteiger partial charge in [0.1, 0.15) is 17.2 Å². The Bertz CT molecular complexity index is 994. The van der Waals surface area contributed by atoms with E-state index in [0.717, 1.165) is 38.3 Å². The van der Waals surface area contributed by atoms with Crippen LogP contribution in [0.15, 0.2) is 36.4 Å². The summed E-state index contributed by atoms with van der Waals surface area (Å²) in [6, 6.07) is 10.4. The average molecular weight is 533 g/mol. The second kappa shape index (κ2) is 14.0. The Morgan fingerprint density at radius 2 is 1.68 bits per heavy atom. The highest BCUT2D eigenvalue weighted by Crippen LogP contribution is 2.36. The number of benzene rings is 2. The van der Waals surface area contributed by atoms with Crippen molar-refractivity contribution in [2.75, 3.05) is 19.7 Å². The van der Waals surface area contributed by atoms with Gasteiger partial charge in [-0.3, -0.25) is 0 Å². The van der Waals surface area contributed by atoms with Gasteiger partial charge in [0.2, 0.25) is 0 Å². The third-order valence-corrected chi connectivity index (χ3v) is 6.16. The molecule has 2 unspecified atom stereocenters. The Kier molecular flexibility index (Phi) is 11.7. The summed E-state index contributed by atoms with van der Waals surface area (Å²) in [5.41, 5.74) is 4.44. The number of fused-ring (bicyclic) bond motifs is 1. The molecule has 0 bridgehead atoms. The molecule has 38 heavy (non-hydrogen) atoms.